The Hall–Kier alpha value is -0.580. The number of nitrogens with zero attached hydrogens (tertiary/aromatic N) is 2. The molecule has 0 saturated heterocycles. The second-order valence-electron chi connectivity index (χ2n) is 5.97. The van der Waals surface area contributed by atoms with Gasteiger partial charge in [0.1, 0.15) is 0 Å². The average Bonchev–Trinajstić information content (AvgIpc) is 2.73. The zero-order chi connectivity index (χ0) is 15.3. The largest absolute Gasteiger partial charge is 0.376 e. The third-order valence-electron chi connectivity index (χ3n) is 3.35. The number of aromatic nitrogens is 2. The molecule has 1 aromatic heterocycles. The molecule has 1 rings (SSSR count). The fraction of sp³-hybridized carbons (Fsp3) is 0.800. The molecule has 116 valence electrons. The lowest BCUT2D eigenvalue weighted by Gasteiger charge is -2.37. The Morgan fingerprint density at radius 1 is 1.35 bits per heavy atom. The van der Waals surface area contributed by atoms with Crippen LogP contribution in [0.2, 0.25) is 5.02 Å². The summed E-state index contributed by atoms with van der Waals surface area (Å²) < 4.78 is 7.99. The fourth-order valence-electron chi connectivity index (χ4n) is 2.53. The van der Waals surface area contributed by atoms with Gasteiger partial charge in [0.15, 0.2) is 0 Å². The van der Waals surface area contributed by atoms with Gasteiger partial charge in [-0.3, -0.25) is 4.68 Å². The van der Waals surface area contributed by atoms with Crippen molar-refractivity contribution in [3.05, 3.63) is 16.9 Å². The van der Waals surface area contributed by atoms with Gasteiger partial charge >= 0.3 is 0 Å². The maximum atomic E-state index is 6.37. The highest BCUT2D eigenvalue weighted by Gasteiger charge is 2.36. The SMILES string of the molecule is CCNC(c1c(Cl)cnn1CC)C(OCC)C(C)(C)C. The summed E-state index contributed by atoms with van der Waals surface area (Å²) in [4.78, 5) is 0. The average molecular weight is 302 g/mol. The second kappa shape index (κ2) is 7.43. The summed E-state index contributed by atoms with van der Waals surface area (Å²) in [5, 5.41) is 8.57. The third-order valence-corrected chi connectivity index (χ3v) is 3.65. The molecule has 0 aliphatic heterocycles. The topological polar surface area (TPSA) is 39.1 Å². The smallest absolute Gasteiger partial charge is 0.0835 e. The summed E-state index contributed by atoms with van der Waals surface area (Å²) in [6, 6.07) is 0.0369. The van der Waals surface area contributed by atoms with Crippen molar-refractivity contribution in [3.8, 4) is 0 Å². The van der Waals surface area contributed by atoms with Crippen LogP contribution >= 0.6 is 11.6 Å². The van der Waals surface area contributed by atoms with Crippen LogP contribution in [0.1, 0.15) is 53.3 Å². The molecule has 1 aromatic rings. The Morgan fingerprint density at radius 3 is 2.45 bits per heavy atom. The summed E-state index contributed by atoms with van der Waals surface area (Å²) in [6.45, 7) is 15.1. The van der Waals surface area contributed by atoms with E-state index in [1.807, 2.05) is 11.6 Å². The van der Waals surface area contributed by atoms with Crippen LogP contribution in [0.15, 0.2) is 6.20 Å². The second-order valence-corrected chi connectivity index (χ2v) is 6.38. The Balaban J connectivity index is 3.23. The molecule has 0 fully saturated rings. The first-order chi connectivity index (χ1) is 9.36. The monoisotopic (exact) mass is 301 g/mol. The lowest BCUT2D eigenvalue weighted by Crippen LogP contribution is -2.43. The van der Waals surface area contributed by atoms with Crippen molar-refractivity contribution >= 4 is 11.6 Å². The molecule has 1 heterocycles. The number of hydrogen-bond acceptors (Lipinski definition) is 3. The van der Waals surface area contributed by atoms with Crippen LogP contribution < -0.4 is 5.32 Å². The molecule has 1 N–H and O–H groups in total. The van der Waals surface area contributed by atoms with E-state index in [0.29, 0.717) is 11.6 Å². The molecular weight excluding hydrogens is 274 g/mol. The van der Waals surface area contributed by atoms with E-state index < -0.39 is 0 Å². The van der Waals surface area contributed by atoms with Crippen molar-refractivity contribution in [3.63, 3.8) is 0 Å². The Morgan fingerprint density at radius 2 is 2.00 bits per heavy atom. The van der Waals surface area contributed by atoms with E-state index in [2.05, 4.69) is 45.0 Å². The first kappa shape index (κ1) is 17.5. The van der Waals surface area contributed by atoms with E-state index in [9.17, 15) is 0 Å². The van der Waals surface area contributed by atoms with Crippen molar-refractivity contribution in [2.75, 3.05) is 13.2 Å². The molecular formula is C15H28ClN3O. The predicted octanol–water partition coefficient (Wildman–Crippen LogP) is 3.66. The minimum atomic E-state index is 0.00895. The van der Waals surface area contributed by atoms with Crippen LogP contribution in [0, 0.1) is 5.41 Å². The molecule has 4 nitrogen and oxygen atoms in total. The van der Waals surface area contributed by atoms with E-state index >= 15 is 0 Å². The number of hydrogen-bond donors (Lipinski definition) is 1. The van der Waals surface area contributed by atoms with Crippen molar-refractivity contribution in [2.45, 2.75) is 60.2 Å². The highest BCUT2D eigenvalue weighted by atomic mass is 35.5. The van der Waals surface area contributed by atoms with Crippen molar-refractivity contribution in [1.29, 1.82) is 0 Å². The summed E-state index contributed by atoms with van der Waals surface area (Å²) in [5.74, 6) is 0. The number of ether oxygens (including phenoxy) is 1. The van der Waals surface area contributed by atoms with Crippen LogP contribution in [0.3, 0.4) is 0 Å². The Bertz CT molecular complexity index is 412. The summed E-state index contributed by atoms with van der Waals surface area (Å²) in [5.41, 5.74) is 1.03. The zero-order valence-electron chi connectivity index (χ0n) is 13.5. The van der Waals surface area contributed by atoms with Crippen molar-refractivity contribution in [1.82, 2.24) is 15.1 Å². The summed E-state index contributed by atoms with van der Waals surface area (Å²) >= 11 is 6.37. The standard InChI is InChI=1S/C15H28ClN3O/c1-7-17-12(14(20-9-3)15(4,5)6)13-11(16)10-18-19(13)8-2/h10,12,14,17H,7-9H2,1-6H3. The Kier molecular flexibility index (Phi) is 6.49. The molecule has 0 saturated carbocycles. The van der Waals surface area contributed by atoms with Crippen LogP contribution in [-0.4, -0.2) is 29.0 Å². The summed E-state index contributed by atoms with van der Waals surface area (Å²) in [7, 11) is 0. The Labute approximate surface area is 127 Å². The molecule has 0 spiro atoms. The molecule has 20 heavy (non-hydrogen) atoms. The quantitative estimate of drug-likeness (QED) is 0.835. The minimum Gasteiger partial charge on any atom is -0.376 e. The zero-order valence-corrected chi connectivity index (χ0v) is 14.3. The number of aryl methyl sites for hydroxylation is 1. The molecule has 2 atom stereocenters. The maximum Gasteiger partial charge on any atom is 0.0835 e. The van der Waals surface area contributed by atoms with Crippen LogP contribution in [-0.2, 0) is 11.3 Å². The summed E-state index contributed by atoms with van der Waals surface area (Å²) in [6.07, 6.45) is 1.75. The normalized spacial score (nSPS) is 15.3. The van der Waals surface area contributed by atoms with Gasteiger partial charge in [0.05, 0.1) is 29.1 Å². The maximum absolute atomic E-state index is 6.37. The van der Waals surface area contributed by atoms with Crippen molar-refractivity contribution < 1.29 is 4.74 Å². The van der Waals surface area contributed by atoms with Gasteiger partial charge in [-0.1, -0.05) is 39.3 Å². The van der Waals surface area contributed by atoms with Gasteiger partial charge in [0.2, 0.25) is 0 Å². The number of nitrogens with one attached hydrogen (secondary N) is 1. The highest BCUT2D eigenvalue weighted by molar-refractivity contribution is 6.31. The van der Waals surface area contributed by atoms with E-state index in [1.165, 1.54) is 0 Å². The molecule has 0 aromatic carbocycles. The number of likely N-dealkylation sites (N-methyl/N-ethyl adjacent to an activating group) is 1. The molecule has 0 radical (unpaired) electrons. The van der Waals surface area contributed by atoms with Gasteiger partial charge in [0.25, 0.3) is 0 Å². The third kappa shape index (κ3) is 3.96. The van der Waals surface area contributed by atoms with Gasteiger partial charge in [-0.25, -0.2) is 0 Å². The molecule has 0 aliphatic carbocycles. The first-order valence-electron chi connectivity index (χ1n) is 7.42. The highest BCUT2D eigenvalue weighted by Crippen LogP contribution is 2.35. The lowest BCUT2D eigenvalue weighted by molar-refractivity contribution is -0.0380. The number of rotatable bonds is 7. The van der Waals surface area contributed by atoms with Gasteiger partial charge in [-0.2, -0.15) is 5.10 Å². The first-order valence-corrected chi connectivity index (χ1v) is 7.80. The van der Waals surface area contributed by atoms with Gasteiger partial charge < -0.3 is 10.1 Å². The van der Waals surface area contributed by atoms with E-state index in [0.717, 1.165) is 18.8 Å². The molecule has 2 unspecified atom stereocenters. The van der Waals surface area contributed by atoms with E-state index in [-0.39, 0.29) is 17.6 Å². The van der Waals surface area contributed by atoms with Gasteiger partial charge in [0, 0.05) is 13.2 Å². The lowest BCUT2D eigenvalue weighted by atomic mass is 9.83. The van der Waals surface area contributed by atoms with Crippen molar-refractivity contribution in [2.24, 2.45) is 5.41 Å². The molecule has 5 heteroatoms. The van der Waals surface area contributed by atoms with E-state index in [4.69, 9.17) is 16.3 Å². The van der Waals surface area contributed by atoms with Crippen LogP contribution in [0.4, 0.5) is 0 Å². The molecule has 0 amide bonds. The van der Waals surface area contributed by atoms with E-state index in [1.54, 1.807) is 6.20 Å². The number of halogens is 1. The van der Waals surface area contributed by atoms with Crippen LogP contribution in [0.5, 0.6) is 0 Å². The van der Waals surface area contributed by atoms with Gasteiger partial charge in [-0.05, 0) is 25.8 Å². The minimum absolute atomic E-state index is 0.00895. The molecule has 0 aliphatic rings. The predicted molar refractivity (Wildman–Crippen MR) is 84.2 cm³/mol. The van der Waals surface area contributed by atoms with Gasteiger partial charge in [-0.15, -0.1) is 0 Å². The van der Waals surface area contributed by atoms with Crippen LogP contribution in [0.25, 0.3) is 0 Å². The fourth-order valence-corrected chi connectivity index (χ4v) is 2.78. The molecule has 0 bridgehead atoms.